The molecule has 0 aromatic rings. The Morgan fingerprint density at radius 3 is 2.33 bits per heavy atom. The fourth-order valence-electron chi connectivity index (χ4n) is 0.421. The SMILES string of the molecule is C\C=C/C(S)=C\C=C\C. The minimum atomic E-state index is 0.982. The second-order valence-corrected chi connectivity index (χ2v) is 2.13. The molecule has 0 rings (SSSR count). The first-order valence-corrected chi connectivity index (χ1v) is 3.40. The van der Waals surface area contributed by atoms with E-state index in [0.717, 1.165) is 4.91 Å². The Balaban J connectivity index is 3.84. The van der Waals surface area contributed by atoms with Crippen LogP contribution in [0.5, 0.6) is 0 Å². The molecule has 0 atom stereocenters. The molecule has 0 saturated heterocycles. The van der Waals surface area contributed by atoms with Gasteiger partial charge in [-0.25, -0.2) is 0 Å². The van der Waals surface area contributed by atoms with Gasteiger partial charge in [-0.15, -0.1) is 12.6 Å². The second kappa shape index (κ2) is 5.70. The average Bonchev–Trinajstić information content (AvgIpc) is 1.85. The Morgan fingerprint density at radius 1 is 1.22 bits per heavy atom. The molecule has 0 aromatic carbocycles. The van der Waals surface area contributed by atoms with Crippen LogP contribution in [0.25, 0.3) is 0 Å². The Hall–Kier alpha value is -0.430. The molecule has 0 amide bonds. The topological polar surface area (TPSA) is 0 Å². The van der Waals surface area contributed by atoms with E-state index in [4.69, 9.17) is 0 Å². The van der Waals surface area contributed by atoms with Gasteiger partial charge in [-0.3, -0.25) is 0 Å². The molecule has 0 N–H and O–H groups in total. The van der Waals surface area contributed by atoms with Crippen LogP contribution in [0.15, 0.2) is 35.3 Å². The highest BCUT2D eigenvalue weighted by atomic mass is 32.1. The normalized spacial score (nSPS) is 13.9. The molecule has 0 heterocycles. The molecule has 0 unspecified atom stereocenters. The quantitative estimate of drug-likeness (QED) is 0.442. The molecular formula is C8H12S. The molecular weight excluding hydrogens is 128 g/mol. The van der Waals surface area contributed by atoms with E-state index in [9.17, 15) is 0 Å². The van der Waals surface area contributed by atoms with Crippen molar-refractivity contribution in [2.45, 2.75) is 13.8 Å². The van der Waals surface area contributed by atoms with Gasteiger partial charge < -0.3 is 0 Å². The van der Waals surface area contributed by atoms with Gasteiger partial charge in [0.05, 0.1) is 0 Å². The van der Waals surface area contributed by atoms with Gasteiger partial charge in [0.1, 0.15) is 0 Å². The summed E-state index contributed by atoms with van der Waals surface area (Å²) in [6.07, 6.45) is 9.79. The zero-order valence-electron chi connectivity index (χ0n) is 5.83. The lowest BCUT2D eigenvalue weighted by atomic mass is 10.4. The summed E-state index contributed by atoms with van der Waals surface area (Å²) in [6, 6.07) is 0. The van der Waals surface area contributed by atoms with Crippen LogP contribution in [0, 0.1) is 0 Å². The first-order valence-electron chi connectivity index (χ1n) is 2.96. The molecule has 50 valence electrons. The van der Waals surface area contributed by atoms with Gasteiger partial charge in [-0.1, -0.05) is 24.3 Å². The fourth-order valence-corrected chi connectivity index (χ4v) is 0.656. The lowest BCUT2D eigenvalue weighted by molar-refractivity contribution is 1.69. The van der Waals surface area contributed by atoms with Gasteiger partial charge >= 0.3 is 0 Å². The summed E-state index contributed by atoms with van der Waals surface area (Å²) in [5.41, 5.74) is 0. The van der Waals surface area contributed by atoms with E-state index in [1.807, 2.05) is 44.2 Å². The number of hydrogen-bond acceptors (Lipinski definition) is 1. The molecule has 9 heavy (non-hydrogen) atoms. The second-order valence-electron chi connectivity index (χ2n) is 1.62. The van der Waals surface area contributed by atoms with Crippen LogP contribution in [0.2, 0.25) is 0 Å². The predicted molar refractivity (Wildman–Crippen MR) is 46.7 cm³/mol. The monoisotopic (exact) mass is 140 g/mol. The molecule has 0 aliphatic heterocycles. The number of thiol groups is 1. The molecule has 0 nitrogen and oxygen atoms in total. The van der Waals surface area contributed by atoms with Gasteiger partial charge in [0, 0.05) is 4.91 Å². The first-order chi connectivity index (χ1) is 4.31. The summed E-state index contributed by atoms with van der Waals surface area (Å²) in [6.45, 7) is 3.95. The molecule has 0 spiro atoms. The molecule has 0 aliphatic carbocycles. The van der Waals surface area contributed by atoms with Crippen molar-refractivity contribution in [1.82, 2.24) is 0 Å². The third kappa shape index (κ3) is 5.44. The highest BCUT2D eigenvalue weighted by molar-refractivity contribution is 7.84. The molecule has 0 fully saturated rings. The van der Waals surface area contributed by atoms with E-state index < -0.39 is 0 Å². The third-order valence-electron chi connectivity index (χ3n) is 0.797. The van der Waals surface area contributed by atoms with Gasteiger partial charge in [-0.05, 0) is 19.9 Å². The standard InChI is InChI=1S/C8H12S/c1-3-5-7-8(9)6-4-2/h3-7,9H,1-2H3/b5-3+,6-4-,8-7+. The lowest BCUT2D eigenvalue weighted by Crippen LogP contribution is -1.58. The number of hydrogen-bond donors (Lipinski definition) is 1. The largest absolute Gasteiger partial charge is 0.143 e. The van der Waals surface area contributed by atoms with Gasteiger partial charge in [0.25, 0.3) is 0 Å². The van der Waals surface area contributed by atoms with Crippen LogP contribution in [0.4, 0.5) is 0 Å². The van der Waals surface area contributed by atoms with Crippen molar-refractivity contribution < 1.29 is 0 Å². The summed E-state index contributed by atoms with van der Waals surface area (Å²) < 4.78 is 0. The maximum absolute atomic E-state index is 4.17. The molecule has 0 aliphatic rings. The zero-order chi connectivity index (χ0) is 7.11. The fraction of sp³-hybridized carbons (Fsp3) is 0.250. The zero-order valence-corrected chi connectivity index (χ0v) is 6.73. The summed E-state index contributed by atoms with van der Waals surface area (Å²) in [5, 5.41) is 0. The molecule has 0 saturated carbocycles. The summed E-state index contributed by atoms with van der Waals surface area (Å²) in [5.74, 6) is 0. The maximum Gasteiger partial charge on any atom is 0.00365 e. The lowest BCUT2D eigenvalue weighted by Gasteiger charge is -1.82. The minimum absolute atomic E-state index is 0.982. The van der Waals surface area contributed by atoms with Gasteiger partial charge in [0.2, 0.25) is 0 Å². The van der Waals surface area contributed by atoms with Crippen molar-refractivity contribution >= 4 is 12.6 Å². The molecule has 0 radical (unpaired) electrons. The third-order valence-corrected chi connectivity index (χ3v) is 1.10. The smallest absolute Gasteiger partial charge is 0.00365 e. The summed E-state index contributed by atoms with van der Waals surface area (Å²) in [4.78, 5) is 0.982. The number of allylic oxidation sites excluding steroid dienone is 5. The van der Waals surface area contributed by atoms with Crippen molar-refractivity contribution in [3.05, 3.63) is 35.3 Å². The van der Waals surface area contributed by atoms with Crippen LogP contribution < -0.4 is 0 Å². The summed E-state index contributed by atoms with van der Waals surface area (Å²) >= 11 is 4.17. The van der Waals surface area contributed by atoms with Gasteiger partial charge in [0.15, 0.2) is 0 Å². The molecule has 0 bridgehead atoms. The van der Waals surface area contributed by atoms with Crippen molar-refractivity contribution in [3.8, 4) is 0 Å². The molecule has 1 heteroatoms. The Morgan fingerprint density at radius 2 is 1.89 bits per heavy atom. The van der Waals surface area contributed by atoms with Crippen LogP contribution in [-0.4, -0.2) is 0 Å². The van der Waals surface area contributed by atoms with E-state index in [2.05, 4.69) is 12.6 Å². The highest BCUT2D eigenvalue weighted by Crippen LogP contribution is 2.01. The minimum Gasteiger partial charge on any atom is -0.143 e. The Kier molecular flexibility index (Phi) is 5.43. The first kappa shape index (κ1) is 8.57. The van der Waals surface area contributed by atoms with Crippen molar-refractivity contribution in [2.24, 2.45) is 0 Å². The van der Waals surface area contributed by atoms with Crippen molar-refractivity contribution in [3.63, 3.8) is 0 Å². The number of rotatable bonds is 2. The van der Waals surface area contributed by atoms with E-state index in [1.165, 1.54) is 0 Å². The van der Waals surface area contributed by atoms with Crippen LogP contribution >= 0.6 is 12.6 Å². The van der Waals surface area contributed by atoms with E-state index in [1.54, 1.807) is 0 Å². The summed E-state index contributed by atoms with van der Waals surface area (Å²) in [7, 11) is 0. The van der Waals surface area contributed by atoms with Crippen LogP contribution in [0.1, 0.15) is 13.8 Å². The van der Waals surface area contributed by atoms with Crippen LogP contribution in [0.3, 0.4) is 0 Å². The Labute approximate surface area is 62.4 Å². The van der Waals surface area contributed by atoms with Crippen molar-refractivity contribution in [2.75, 3.05) is 0 Å². The van der Waals surface area contributed by atoms with Crippen molar-refractivity contribution in [1.29, 1.82) is 0 Å². The average molecular weight is 140 g/mol. The molecule has 0 aromatic heterocycles. The van der Waals surface area contributed by atoms with Crippen LogP contribution in [-0.2, 0) is 0 Å². The van der Waals surface area contributed by atoms with Gasteiger partial charge in [-0.2, -0.15) is 0 Å². The van der Waals surface area contributed by atoms with E-state index >= 15 is 0 Å². The Bertz CT molecular complexity index is 141. The predicted octanol–water partition coefficient (Wildman–Crippen LogP) is 2.95. The van der Waals surface area contributed by atoms with E-state index in [-0.39, 0.29) is 0 Å². The van der Waals surface area contributed by atoms with E-state index in [0.29, 0.717) is 0 Å². The maximum atomic E-state index is 4.17. The highest BCUT2D eigenvalue weighted by Gasteiger charge is 1.73.